The number of fused-ring (bicyclic) bond motifs is 1. The van der Waals surface area contributed by atoms with E-state index in [0.717, 1.165) is 31.6 Å². The highest BCUT2D eigenvalue weighted by Gasteiger charge is 2.33. The standard InChI is InChI=1S/C19H25N3OS/c1-3-14(2)12-20-13-18(23)22-10-7-17-15(8-11-24-17)19(22)16-6-4-5-9-21-16/h4-6,8-9,11,14,19-20H,3,7,10,12-13H2,1-2H3. The number of pyridine rings is 1. The Labute approximate surface area is 147 Å². The Bertz CT molecular complexity index is 670. The Balaban J connectivity index is 1.77. The molecule has 3 heterocycles. The first kappa shape index (κ1) is 17.1. The molecule has 24 heavy (non-hydrogen) atoms. The van der Waals surface area contributed by atoms with Crippen LogP contribution in [-0.2, 0) is 11.2 Å². The maximum atomic E-state index is 12.8. The van der Waals surface area contributed by atoms with Gasteiger partial charge in [-0.25, -0.2) is 0 Å². The zero-order chi connectivity index (χ0) is 16.9. The van der Waals surface area contributed by atoms with Crippen molar-refractivity contribution in [3.05, 3.63) is 52.0 Å². The van der Waals surface area contributed by atoms with E-state index in [1.807, 2.05) is 23.1 Å². The first-order valence-corrected chi connectivity index (χ1v) is 9.56. The second-order valence-electron chi connectivity index (χ2n) is 6.44. The van der Waals surface area contributed by atoms with Crippen LogP contribution in [-0.4, -0.2) is 35.4 Å². The molecule has 0 fully saturated rings. The van der Waals surface area contributed by atoms with Gasteiger partial charge in [-0.15, -0.1) is 11.3 Å². The van der Waals surface area contributed by atoms with Crippen molar-refractivity contribution < 1.29 is 4.79 Å². The van der Waals surface area contributed by atoms with Crippen molar-refractivity contribution >= 4 is 17.2 Å². The van der Waals surface area contributed by atoms with E-state index < -0.39 is 0 Å². The predicted molar refractivity (Wildman–Crippen MR) is 98.1 cm³/mol. The molecular formula is C19H25N3OS. The lowest BCUT2D eigenvalue weighted by molar-refractivity contribution is -0.132. The highest BCUT2D eigenvalue weighted by Crippen LogP contribution is 2.36. The summed E-state index contributed by atoms with van der Waals surface area (Å²) in [6, 6.07) is 8.02. The van der Waals surface area contributed by atoms with Gasteiger partial charge in [0.1, 0.15) is 6.04 Å². The van der Waals surface area contributed by atoms with E-state index in [0.29, 0.717) is 12.5 Å². The molecule has 2 aromatic heterocycles. The number of hydrogen-bond donors (Lipinski definition) is 1. The van der Waals surface area contributed by atoms with Crippen LogP contribution in [0.2, 0.25) is 0 Å². The fraction of sp³-hybridized carbons (Fsp3) is 0.474. The average molecular weight is 343 g/mol. The van der Waals surface area contributed by atoms with Gasteiger partial charge >= 0.3 is 0 Å². The molecule has 1 N–H and O–H groups in total. The van der Waals surface area contributed by atoms with Crippen LogP contribution in [0.5, 0.6) is 0 Å². The zero-order valence-electron chi connectivity index (χ0n) is 14.4. The van der Waals surface area contributed by atoms with Gasteiger partial charge in [0.15, 0.2) is 0 Å². The summed E-state index contributed by atoms with van der Waals surface area (Å²) in [6.45, 7) is 6.42. The van der Waals surface area contributed by atoms with E-state index in [2.05, 4.69) is 35.6 Å². The Morgan fingerprint density at radius 3 is 3.08 bits per heavy atom. The fourth-order valence-electron chi connectivity index (χ4n) is 3.11. The molecule has 0 radical (unpaired) electrons. The number of aromatic nitrogens is 1. The molecule has 4 nitrogen and oxygen atoms in total. The number of thiophene rings is 1. The van der Waals surface area contributed by atoms with Crippen molar-refractivity contribution in [3.8, 4) is 0 Å². The van der Waals surface area contributed by atoms with Crippen molar-refractivity contribution in [1.82, 2.24) is 15.2 Å². The van der Waals surface area contributed by atoms with Crippen molar-refractivity contribution in [2.75, 3.05) is 19.6 Å². The van der Waals surface area contributed by atoms with E-state index in [1.54, 1.807) is 17.5 Å². The maximum Gasteiger partial charge on any atom is 0.237 e. The number of carbonyl (C=O) groups excluding carboxylic acids is 1. The zero-order valence-corrected chi connectivity index (χ0v) is 15.2. The van der Waals surface area contributed by atoms with Crippen LogP contribution in [0.3, 0.4) is 0 Å². The van der Waals surface area contributed by atoms with Crippen LogP contribution in [0, 0.1) is 5.92 Å². The minimum atomic E-state index is -0.0564. The molecule has 3 rings (SSSR count). The summed E-state index contributed by atoms with van der Waals surface area (Å²) in [5.41, 5.74) is 2.19. The lowest BCUT2D eigenvalue weighted by Gasteiger charge is -2.35. The van der Waals surface area contributed by atoms with Crippen LogP contribution in [0.15, 0.2) is 35.8 Å². The summed E-state index contributed by atoms with van der Waals surface area (Å²) < 4.78 is 0. The highest BCUT2D eigenvalue weighted by molar-refractivity contribution is 7.10. The van der Waals surface area contributed by atoms with Gasteiger partial charge in [0, 0.05) is 17.6 Å². The molecular weight excluding hydrogens is 318 g/mol. The van der Waals surface area contributed by atoms with Gasteiger partial charge in [0.2, 0.25) is 5.91 Å². The summed E-state index contributed by atoms with van der Waals surface area (Å²) >= 11 is 1.78. The third-order valence-corrected chi connectivity index (χ3v) is 5.72. The van der Waals surface area contributed by atoms with Gasteiger partial charge in [-0.2, -0.15) is 0 Å². The average Bonchev–Trinajstić information content (AvgIpc) is 3.10. The minimum Gasteiger partial charge on any atom is -0.328 e. The summed E-state index contributed by atoms with van der Waals surface area (Å²) in [5, 5.41) is 5.43. The van der Waals surface area contributed by atoms with Gasteiger partial charge < -0.3 is 10.2 Å². The van der Waals surface area contributed by atoms with E-state index >= 15 is 0 Å². The van der Waals surface area contributed by atoms with Gasteiger partial charge in [0.25, 0.3) is 0 Å². The van der Waals surface area contributed by atoms with Gasteiger partial charge in [0.05, 0.1) is 12.2 Å². The Morgan fingerprint density at radius 1 is 1.46 bits per heavy atom. The summed E-state index contributed by atoms with van der Waals surface area (Å²) in [7, 11) is 0. The van der Waals surface area contributed by atoms with E-state index in [4.69, 9.17) is 0 Å². The quantitative estimate of drug-likeness (QED) is 0.876. The third kappa shape index (κ3) is 3.68. The van der Waals surface area contributed by atoms with Crippen LogP contribution in [0.1, 0.15) is 42.4 Å². The summed E-state index contributed by atoms with van der Waals surface area (Å²) in [5.74, 6) is 0.750. The second kappa shape index (κ2) is 7.90. The minimum absolute atomic E-state index is 0.0564. The van der Waals surface area contributed by atoms with Crippen LogP contribution < -0.4 is 5.32 Å². The Morgan fingerprint density at radius 2 is 2.33 bits per heavy atom. The lowest BCUT2D eigenvalue weighted by Crippen LogP contribution is -2.45. The summed E-state index contributed by atoms with van der Waals surface area (Å²) in [6.07, 6.45) is 3.87. The first-order chi connectivity index (χ1) is 11.7. The van der Waals surface area contributed by atoms with Crippen molar-refractivity contribution in [3.63, 3.8) is 0 Å². The smallest absolute Gasteiger partial charge is 0.237 e. The third-order valence-electron chi connectivity index (χ3n) is 4.72. The highest BCUT2D eigenvalue weighted by atomic mass is 32.1. The Kier molecular flexibility index (Phi) is 5.63. The van der Waals surface area contributed by atoms with E-state index in [-0.39, 0.29) is 11.9 Å². The van der Waals surface area contributed by atoms with Gasteiger partial charge in [-0.05, 0) is 48.0 Å². The number of hydrogen-bond acceptors (Lipinski definition) is 4. The van der Waals surface area contributed by atoms with Gasteiger partial charge in [-0.3, -0.25) is 9.78 Å². The van der Waals surface area contributed by atoms with Crippen molar-refractivity contribution in [2.24, 2.45) is 5.92 Å². The van der Waals surface area contributed by atoms with Crippen molar-refractivity contribution in [1.29, 1.82) is 0 Å². The molecule has 0 bridgehead atoms. The number of nitrogens with zero attached hydrogens (tertiary/aromatic N) is 2. The molecule has 0 saturated carbocycles. The molecule has 1 amide bonds. The Hall–Kier alpha value is -1.72. The SMILES string of the molecule is CCC(C)CNCC(=O)N1CCc2sccc2C1c1ccccn1. The molecule has 1 aliphatic heterocycles. The molecule has 5 heteroatoms. The number of nitrogens with one attached hydrogen (secondary N) is 1. The van der Waals surface area contributed by atoms with E-state index in [1.165, 1.54) is 10.4 Å². The van der Waals surface area contributed by atoms with Gasteiger partial charge in [-0.1, -0.05) is 26.3 Å². The molecule has 0 saturated heterocycles. The molecule has 2 unspecified atom stereocenters. The summed E-state index contributed by atoms with van der Waals surface area (Å²) in [4.78, 5) is 20.7. The lowest BCUT2D eigenvalue weighted by atomic mass is 9.96. The molecule has 128 valence electrons. The van der Waals surface area contributed by atoms with Crippen LogP contribution in [0.25, 0.3) is 0 Å². The molecule has 0 spiro atoms. The molecule has 0 aliphatic carbocycles. The molecule has 2 atom stereocenters. The normalized spacial score (nSPS) is 18.2. The fourth-order valence-corrected chi connectivity index (χ4v) is 4.02. The molecule has 1 aliphatic rings. The second-order valence-corrected chi connectivity index (χ2v) is 7.44. The number of carbonyl (C=O) groups is 1. The number of rotatable bonds is 6. The van der Waals surface area contributed by atoms with Crippen LogP contribution >= 0.6 is 11.3 Å². The monoisotopic (exact) mass is 343 g/mol. The van der Waals surface area contributed by atoms with E-state index in [9.17, 15) is 4.79 Å². The van der Waals surface area contributed by atoms with Crippen LogP contribution in [0.4, 0.5) is 0 Å². The predicted octanol–water partition coefficient (Wildman–Crippen LogP) is 3.25. The maximum absolute atomic E-state index is 12.8. The topological polar surface area (TPSA) is 45.2 Å². The largest absolute Gasteiger partial charge is 0.328 e. The first-order valence-electron chi connectivity index (χ1n) is 8.68. The van der Waals surface area contributed by atoms with Crippen molar-refractivity contribution in [2.45, 2.75) is 32.7 Å². The molecule has 0 aromatic carbocycles. The molecule has 2 aromatic rings. The number of amides is 1.